The molecule has 4 aromatic rings. The zero-order valence-corrected chi connectivity index (χ0v) is 18.6. The summed E-state index contributed by atoms with van der Waals surface area (Å²) in [6.07, 6.45) is 1.51. The van der Waals surface area contributed by atoms with Gasteiger partial charge in [0, 0.05) is 17.1 Å². The van der Waals surface area contributed by atoms with Crippen LogP contribution in [0.3, 0.4) is 0 Å². The van der Waals surface area contributed by atoms with Gasteiger partial charge >= 0.3 is 0 Å². The van der Waals surface area contributed by atoms with E-state index < -0.39 is 15.9 Å². The Labute approximate surface area is 187 Å². The fraction of sp³-hybridized carbons (Fsp3) is 0.0476. The molecule has 3 heterocycles. The number of nitrogens with zero attached hydrogens (tertiary/aromatic N) is 1. The Morgan fingerprint density at radius 2 is 1.74 bits per heavy atom. The van der Waals surface area contributed by atoms with E-state index in [1.807, 2.05) is 47.8 Å². The molecule has 3 aromatic heterocycles. The molecule has 158 valence electrons. The molecule has 0 unspecified atom stereocenters. The average molecular weight is 471 g/mol. The highest BCUT2D eigenvalue weighted by Crippen LogP contribution is 2.24. The van der Waals surface area contributed by atoms with Gasteiger partial charge in [0.2, 0.25) is 10.0 Å². The number of carbonyl (C=O) groups excluding carboxylic acids is 1. The molecule has 1 amide bonds. The Bertz CT molecular complexity index is 1250. The molecular formula is C21H18N4O3S3. The predicted molar refractivity (Wildman–Crippen MR) is 125 cm³/mol. The summed E-state index contributed by atoms with van der Waals surface area (Å²) in [5.74, 6) is 0.124. The Hall–Kier alpha value is -3.05. The van der Waals surface area contributed by atoms with Crippen LogP contribution in [0.15, 0.2) is 82.5 Å². The molecular weight excluding hydrogens is 452 g/mol. The van der Waals surface area contributed by atoms with Gasteiger partial charge in [-0.15, -0.1) is 22.7 Å². The number of hydrogen-bond acceptors (Lipinski definition) is 7. The van der Waals surface area contributed by atoms with Gasteiger partial charge in [0.05, 0.1) is 11.9 Å². The summed E-state index contributed by atoms with van der Waals surface area (Å²) in [6.45, 7) is 0.177. The van der Waals surface area contributed by atoms with Crippen molar-refractivity contribution in [3.8, 4) is 0 Å². The zero-order valence-electron chi connectivity index (χ0n) is 16.1. The molecule has 0 spiro atoms. The van der Waals surface area contributed by atoms with Crippen molar-refractivity contribution >= 4 is 55.8 Å². The first-order valence-corrected chi connectivity index (χ1v) is 12.4. The van der Waals surface area contributed by atoms with E-state index in [2.05, 4.69) is 20.3 Å². The normalized spacial score (nSPS) is 11.2. The van der Waals surface area contributed by atoms with Crippen LogP contribution in [0.25, 0.3) is 0 Å². The van der Waals surface area contributed by atoms with Gasteiger partial charge in [0.1, 0.15) is 15.6 Å². The van der Waals surface area contributed by atoms with Crippen LogP contribution < -0.4 is 15.4 Å². The van der Waals surface area contributed by atoms with Crippen LogP contribution in [0.4, 0.5) is 17.2 Å². The third-order valence-corrected chi connectivity index (χ3v) is 7.57. The summed E-state index contributed by atoms with van der Waals surface area (Å²) in [5.41, 5.74) is 1.36. The smallest absolute Gasteiger partial charge is 0.267 e. The number of hydrogen-bond donors (Lipinski definition) is 3. The van der Waals surface area contributed by atoms with Gasteiger partial charge in [-0.1, -0.05) is 24.3 Å². The van der Waals surface area contributed by atoms with E-state index in [0.717, 1.165) is 21.9 Å². The topological polar surface area (TPSA) is 100 Å². The van der Waals surface area contributed by atoms with Crippen LogP contribution in [0, 0.1) is 0 Å². The number of rotatable bonds is 8. The third kappa shape index (κ3) is 5.36. The summed E-state index contributed by atoms with van der Waals surface area (Å²) >= 11 is 2.53. The molecule has 1 aromatic carbocycles. The first-order chi connectivity index (χ1) is 15.0. The molecule has 0 fully saturated rings. The van der Waals surface area contributed by atoms with Gasteiger partial charge < -0.3 is 10.6 Å². The summed E-state index contributed by atoms with van der Waals surface area (Å²) < 4.78 is 27.9. The van der Waals surface area contributed by atoms with Crippen LogP contribution in [0.1, 0.15) is 14.5 Å². The van der Waals surface area contributed by atoms with E-state index in [1.54, 1.807) is 17.5 Å². The van der Waals surface area contributed by atoms with Crippen molar-refractivity contribution in [3.05, 3.63) is 87.4 Å². The standard InChI is InChI=1S/C21H18N4O3S3/c26-21(25-16-8-9-19(22-13-16)24-15-5-2-1-3-6-15)20-18(10-12-30-20)31(27,28)23-14-17-7-4-11-29-17/h1-13,23H,14H2,(H,22,24)(H,25,26). The molecule has 4 rings (SSSR count). The van der Waals surface area contributed by atoms with E-state index in [0.29, 0.717) is 11.5 Å². The second-order valence-electron chi connectivity index (χ2n) is 6.40. The van der Waals surface area contributed by atoms with Crippen molar-refractivity contribution in [3.63, 3.8) is 0 Å². The number of nitrogens with one attached hydrogen (secondary N) is 3. The minimum absolute atomic E-state index is 0.0399. The second kappa shape index (κ2) is 9.40. The first-order valence-electron chi connectivity index (χ1n) is 9.20. The van der Waals surface area contributed by atoms with E-state index in [1.165, 1.54) is 23.6 Å². The van der Waals surface area contributed by atoms with Crippen LogP contribution >= 0.6 is 22.7 Å². The van der Waals surface area contributed by atoms with Crippen LogP contribution in [-0.2, 0) is 16.6 Å². The highest BCUT2D eigenvalue weighted by molar-refractivity contribution is 7.89. The first kappa shape index (κ1) is 21.2. The lowest BCUT2D eigenvalue weighted by atomic mass is 10.3. The molecule has 0 aliphatic carbocycles. The summed E-state index contributed by atoms with van der Waals surface area (Å²) in [4.78, 5) is 18.0. The van der Waals surface area contributed by atoms with Gasteiger partial charge in [-0.2, -0.15) is 0 Å². The Morgan fingerprint density at radius 1 is 0.903 bits per heavy atom. The lowest BCUT2D eigenvalue weighted by molar-refractivity contribution is 0.102. The van der Waals surface area contributed by atoms with Gasteiger partial charge in [0.25, 0.3) is 5.91 Å². The van der Waals surface area contributed by atoms with Crippen LogP contribution in [-0.4, -0.2) is 19.3 Å². The highest BCUT2D eigenvalue weighted by atomic mass is 32.2. The number of carbonyl (C=O) groups is 1. The van der Waals surface area contributed by atoms with Gasteiger partial charge in [0.15, 0.2) is 0 Å². The summed E-state index contributed by atoms with van der Waals surface area (Å²) in [6, 6.07) is 18.2. The SMILES string of the molecule is O=C(Nc1ccc(Nc2ccccc2)nc1)c1sccc1S(=O)(=O)NCc1cccs1. The number of anilines is 3. The summed E-state index contributed by atoms with van der Waals surface area (Å²) in [7, 11) is -3.82. The van der Waals surface area contributed by atoms with Crippen LogP contribution in [0.2, 0.25) is 0 Å². The van der Waals surface area contributed by atoms with Gasteiger partial charge in [-0.3, -0.25) is 4.79 Å². The monoisotopic (exact) mass is 470 g/mol. The van der Waals surface area contributed by atoms with Crippen molar-refractivity contribution in [2.75, 3.05) is 10.6 Å². The zero-order chi connectivity index (χ0) is 21.7. The largest absolute Gasteiger partial charge is 0.340 e. The van der Waals surface area contributed by atoms with E-state index >= 15 is 0 Å². The van der Waals surface area contributed by atoms with Gasteiger partial charge in [-0.25, -0.2) is 18.1 Å². The lowest BCUT2D eigenvalue weighted by Gasteiger charge is -2.09. The number of amides is 1. The number of thiophene rings is 2. The fourth-order valence-electron chi connectivity index (χ4n) is 2.73. The lowest BCUT2D eigenvalue weighted by Crippen LogP contribution is -2.25. The van der Waals surface area contributed by atoms with Crippen molar-refractivity contribution < 1.29 is 13.2 Å². The number of aromatic nitrogens is 1. The van der Waals surface area contributed by atoms with Crippen molar-refractivity contribution in [2.45, 2.75) is 11.4 Å². The number of sulfonamides is 1. The van der Waals surface area contributed by atoms with E-state index in [4.69, 9.17) is 0 Å². The molecule has 0 aliphatic rings. The molecule has 10 heteroatoms. The van der Waals surface area contributed by atoms with Crippen molar-refractivity contribution in [2.24, 2.45) is 0 Å². The number of para-hydroxylation sites is 1. The maximum Gasteiger partial charge on any atom is 0.267 e. The van der Waals surface area contributed by atoms with Crippen molar-refractivity contribution in [1.29, 1.82) is 0 Å². The Balaban J connectivity index is 1.43. The maximum absolute atomic E-state index is 12.7. The molecule has 0 bridgehead atoms. The molecule has 0 radical (unpaired) electrons. The predicted octanol–water partition coefficient (Wildman–Crippen LogP) is 4.68. The summed E-state index contributed by atoms with van der Waals surface area (Å²) in [5, 5.41) is 9.33. The minimum atomic E-state index is -3.82. The number of benzene rings is 1. The molecule has 0 aliphatic heterocycles. The minimum Gasteiger partial charge on any atom is -0.340 e. The van der Waals surface area contributed by atoms with Crippen LogP contribution in [0.5, 0.6) is 0 Å². The highest BCUT2D eigenvalue weighted by Gasteiger charge is 2.24. The van der Waals surface area contributed by atoms with E-state index in [9.17, 15) is 13.2 Å². The van der Waals surface area contributed by atoms with E-state index in [-0.39, 0.29) is 16.3 Å². The molecule has 3 N–H and O–H groups in total. The molecule has 7 nitrogen and oxygen atoms in total. The molecule has 31 heavy (non-hydrogen) atoms. The Kier molecular flexibility index (Phi) is 6.42. The molecule has 0 saturated carbocycles. The average Bonchev–Trinajstić information content (AvgIpc) is 3.47. The Morgan fingerprint density at radius 3 is 2.45 bits per heavy atom. The van der Waals surface area contributed by atoms with Gasteiger partial charge in [-0.05, 0) is 47.2 Å². The van der Waals surface area contributed by atoms with Crippen molar-refractivity contribution in [1.82, 2.24) is 9.71 Å². The maximum atomic E-state index is 12.7. The third-order valence-electron chi connectivity index (χ3n) is 4.21. The molecule has 0 saturated heterocycles. The fourth-order valence-corrected chi connectivity index (χ4v) is 5.79. The quantitative estimate of drug-likeness (QED) is 0.347. The number of pyridine rings is 1. The molecule has 0 atom stereocenters. The second-order valence-corrected chi connectivity index (χ2v) is 10.1.